The summed E-state index contributed by atoms with van der Waals surface area (Å²) in [5.74, 6) is 2.27. The van der Waals surface area contributed by atoms with Gasteiger partial charge in [-0.3, -0.25) is 4.99 Å². The molecular weight excluding hydrogens is 272 g/mol. The van der Waals surface area contributed by atoms with Crippen molar-refractivity contribution in [1.82, 2.24) is 0 Å². The number of amidine groups is 1. The maximum atomic E-state index is 6.11. The van der Waals surface area contributed by atoms with Crippen LogP contribution in [-0.2, 0) is 0 Å². The first-order valence-corrected chi connectivity index (χ1v) is 6.89. The van der Waals surface area contributed by atoms with E-state index >= 15 is 0 Å². The molecule has 1 atom stereocenters. The molecule has 6 heteroatoms. The second-order valence-electron chi connectivity index (χ2n) is 3.91. The van der Waals surface area contributed by atoms with Crippen molar-refractivity contribution in [2.75, 3.05) is 25.3 Å². The summed E-state index contributed by atoms with van der Waals surface area (Å²) in [7, 11) is 3.19. The van der Waals surface area contributed by atoms with Crippen LogP contribution in [0.4, 0.5) is 5.69 Å². The molecule has 0 saturated heterocycles. The highest BCUT2D eigenvalue weighted by Gasteiger charge is 2.16. The van der Waals surface area contributed by atoms with E-state index < -0.39 is 0 Å². The molecule has 1 aliphatic rings. The van der Waals surface area contributed by atoms with Gasteiger partial charge in [0, 0.05) is 11.8 Å². The summed E-state index contributed by atoms with van der Waals surface area (Å²) in [5.41, 5.74) is 0.795. The molecule has 1 heterocycles. The van der Waals surface area contributed by atoms with Crippen LogP contribution < -0.4 is 14.8 Å². The van der Waals surface area contributed by atoms with E-state index in [0.29, 0.717) is 22.6 Å². The molecule has 2 rings (SSSR count). The van der Waals surface area contributed by atoms with Crippen LogP contribution in [0.3, 0.4) is 0 Å². The van der Waals surface area contributed by atoms with Crippen molar-refractivity contribution in [2.45, 2.75) is 13.0 Å². The van der Waals surface area contributed by atoms with Crippen molar-refractivity contribution >= 4 is 34.2 Å². The van der Waals surface area contributed by atoms with Crippen molar-refractivity contribution < 1.29 is 9.47 Å². The van der Waals surface area contributed by atoms with Gasteiger partial charge in [-0.15, -0.1) is 0 Å². The third kappa shape index (κ3) is 2.84. The fourth-order valence-corrected chi connectivity index (χ4v) is 2.77. The number of thioether (sulfide) groups is 1. The highest BCUT2D eigenvalue weighted by molar-refractivity contribution is 8.14. The van der Waals surface area contributed by atoms with Crippen LogP contribution in [0.15, 0.2) is 17.1 Å². The number of aliphatic imine (C=N–C) groups is 1. The predicted molar refractivity (Wildman–Crippen MR) is 77.5 cm³/mol. The average Bonchev–Trinajstić information content (AvgIpc) is 2.75. The zero-order chi connectivity index (χ0) is 13.1. The van der Waals surface area contributed by atoms with Crippen molar-refractivity contribution in [2.24, 2.45) is 4.99 Å². The number of benzene rings is 1. The second-order valence-corrected chi connectivity index (χ2v) is 5.32. The lowest BCUT2D eigenvalue weighted by atomic mass is 10.2. The van der Waals surface area contributed by atoms with Crippen molar-refractivity contribution in [3.8, 4) is 11.5 Å². The molecule has 1 N–H and O–H groups in total. The molecule has 18 heavy (non-hydrogen) atoms. The predicted octanol–water partition coefficient (Wildman–Crippen LogP) is 3.26. The van der Waals surface area contributed by atoms with E-state index in [9.17, 15) is 0 Å². The van der Waals surface area contributed by atoms with Gasteiger partial charge in [0.2, 0.25) is 0 Å². The minimum atomic E-state index is 0.345. The summed E-state index contributed by atoms with van der Waals surface area (Å²) in [6, 6.07) is 3.89. The highest BCUT2D eigenvalue weighted by Crippen LogP contribution is 2.36. The summed E-state index contributed by atoms with van der Waals surface area (Å²) in [4.78, 5) is 4.47. The maximum Gasteiger partial charge on any atom is 0.161 e. The van der Waals surface area contributed by atoms with Gasteiger partial charge in [0.25, 0.3) is 0 Å². The van der Waals surface area contributed by atoms with Gasteiger partial charge in [0.05, 0.1) is 31.0 Å². The van der Waals surface area contributed by atoms with E-state index in [1.54, 1.807) is 38.1 Å². The van der Waals surface area contributed by atoms with E-state index in [1.165, 1.54) is 0 Å². The van der Waals surface area contributed by atoms with Gasteiger partial charge >= 0.3 is 0 Å². The van der Waals surface area contributed by atoms with Crippen LogP contribution in [0, 0.1) is 0 Å². The van der Waals surface area contributed by atoms with Crippen molar-refractivity contribution in [3.05, 3.63) is 17.2 Å². The van der Waals surface area contributed by atoms with E-state index in [4.69, 9.17) is 21.1 Å². The lowest BCUT2D eigenvalue weighted by Gasteiger charge is -2.13. The third-order valence-electron chi connectivity index (χ3n) is 2.51. The van der Waals surface area contributed by atoms with E-state index in [0.717, 1.165) is 16.6 Å². The van der Waals surface area contributed by atoms with Crippen LogP contribution in [0.1, 0.15) is 6.92 Å². The Bertz CT molecular complexity index is 479. The first-order valence-electron chi connectivity index (χ1n) is 5.53. The molecule has 0 aromatic heterocycles. The number of rotatable bonds is 3. The Balaban J connectivity index is 2.27. The molecule has 0 amide bonds. The van der Waals surface area contributed by atoms with Gasteiger partial charge in [-0.1, -0.05) is 23.4 Å². The van der Waals surface area contributed by atoms with Crippen molar-refractivity contribution in [1.29, 1.82) is 0 Å². The first kappa shape index (κ1) is 13.4. The highest BCUT2D eigenvalue weighted by atomic mass is 35.5. The normalized spacial score (nSPS) is 18.4. The monoisotopic (exact) mass is 286 g/mol. The summed E-state index contributed by atoms with van der Waals surface area (Å²) >= 11 is 7.79. The van der Waals surface area contributed by atoms with Gasteiger partial charge < -0.3 is 14.8 Å². The Morgan fingerprint density at radius 1 is 1.33 bits per heavy atom. The smallest absolute Gasteiger partial charge is 0.161 e. The molecule has 0 radical (unpaired) electrons. The van der Waals surface area contributed by atoms with Gasteiger partial charge in [-0.2, -0.15) is 0 Å². The quantitative estimate of drug-likeness (QED) is 0.926. The number of anilines is 1. The average molecular weight is 287 g/mol. The number of ether oxygens (including phenoxy) is 2. The fraction of sp³-hybridized carbons (Fsp3) is 0.417. The Labute approximate surface area is 116 Å². The van der Waals surface area contributed by atoms with Gasteiger partial charge in [-0.05, 0) is 13.0 Å². The van der Waals surface area contributed by atoms with Gasteiger partial charge in [-0.25, -0.2) is 0 Å². The largest absolute Gasteiger partial charge is 0.495 e. The lowest BCUT2D eigenvalue weighted by Crippen LogP contribution is -2.06. The first-order chi connectivity index (χ1) is 8.63. The number of nitrogens with zero attached hydrogens (tertiary/aromatic N) is 1. The number of halogens is 1. The molecule has 1 aliphatic heterocycles. The standard InChI is InChI=1S/C12H15ClN2O2S/c1-7-6-18-12(14-7)15-9-4-8(13)10(16-2)5-11(9)17-3/h4-5,7H,6H2,1-3H3,(H,14,15). The number of nitrogens with one attached hydrogen (secondary N) is 1. The molecule has 0 bridgehead atoms. The van der Waals surface area contributed by atoms with E-state index in [2.05, 4.69) is 17.2 Å². The Kier molecular flexibility index (Phi) is 4.24. The molecule has 1 aromatic rings. The van der Waals surface area contributed by atoms with Crippen LogP contribution >= 0.6 is 23.4 Å². The molecular formula is C12H15ClN2O2S. The molecule has 98 valence electrons. The minimum Gasteiger partial charge on any atom is -0.495 e. The molecule has 4 nitrogen and oxygen atoms in total. The van der Waals surface area contributed by atoms with E-state index in [-0.39, 0.29) is 0 Å². The fourth-order valence-electron chi connectivity index (χ4n) is 1.62. The van der Waals surface area contributed by atoms with Crippen LogP contribution in [0.25, 0.3) is 0 Å². The Hall–Kier alpha value is -1.07. The van der Waals surface area contributed by atoms with Crippen LogP contribution in [0.5, 0.6) is 11.5 Å². The van der Waals surface area contributed by atoms with E-state index in [1.807, 2.05) is 0 Å². The molecule has 0 aliphatic carbocycles. The maximum absolute atomic E-state index is 6.11. The molecule has 0 spiro atoms. The molecule has 1 aromatic carbocycles. The molecule has 1 unspecified atom stereocenters. The topological polar surface area (TPSA) is 42.9 Å². The zero-order valence-electron chi connectivity index (χ0n) is 10.5. The SMILES string of the molecule is COc1cc(OC)c(NC2=NC(C)CS2)cc1Cl. The lowest BCUT2D eigenvalue weighted by molar-refractivity contribution is 0.396. The minimum absolute atomic E-state index is 0.345. The Morgan fingerprint density at radius 3 is 2.61 bits per heavy atom. The zero-order valence-corrected chi connectivity index (χ0v) is 12.1. The number of methoxy groups -OCH3 is 2. The van der Waals surface area contributed by atoms with Gasteiger partial charge in [0.1, 0.15) is 11.5 Å². The second kappa shape index (κ2) is 5.71. The van der Waals surface area contributed by atoms with Crippen molar-refractivity contribution in [3.63, 3.8) is 0 Å². The molecule has 0 saturated carbocycles. The number of hydrogen-bond acceptors (Lipinski definition) is 5. The third-order valence-corrected chi connectivity index (χ3v) is 3.94. The summed E-state index contributed by atoms with van der Waals surface area (Å²) < 4.78 is 10.5. The number of hydrogen-bond donors (Lipinski definition) is 1. The summed E-state index contributed by atoms with van der Waals surface area (Å²) in [5, 5.41) is 4.66. The summed E-state index contributed by atoms with van der Waals surface area (Å²) in [6.07, 6.45) is 0. The van der Waals surface area contributed by atoms with Crippen LogP contribution in [0.2, 0.25) is 5.02 Å². The Morgan fingerprint density at radius 2 is 2.06 bits per heavy atom. The molecule has 0 fully saturated rings. The van der Waals surface area contributed by atoms with Crippen LogP contribution in [-0.4, -0.2) is 31.2 Å². The van der Waals surface area contributed by atoms with Gasteiger partial charge in [0.15, 0.2) is 5.17 Å². The summed E-state index contributed by atoms with van der Waals surface area (Å²) in [6.45, 7) is 2.08.